The molecular formula is C18H23BrN2O2. The maximum Gasteiger partial charge on any atom is 0.245 e. The van der Waals surface area contributed by atoms with Crippen LogP contribution >= 0.6 is 15.9 Å². The van der Waals surface area contributed by atoms with Crippen LogP contribution in [0.4, 0.5) is 0 Å². The summed E-state index contributed by atoms with van der Waals surface area (Å²) in [6.45, 7) is 8.77. The third-order valence-electron chi connectivity index (χ3n) is 4.39. The Labute approximate surface area is 146 Å². The summed E-state index contributed by atoms with van der Waals surface area (Å²) in [5.41, 5.74) is 2.25. The number of amides is 2. The van der Waals surface area contributed by atoms with Gasteiger partial charge in [0.05, 0.1) is 6.04 Å². The number of nitrogens with zero attached hydrogens (tertiary/aromatic N) is 1. The van der Waals surface area contributed by atoms with Gasteiger partial charge in [0, 0.05) is 23.5 Å². The molecule has 0 unspecified atom stereocenters. The van der Waals surface area contributed by atoms with E-state index in [1.54, 1.807) is 4.90 Å². The third-order valence-corrected chi connectivity index (χ3v) is 5.28. The van der Waals surface area contributed by atoms with Gasteiger partial charge in [-0.3, -0.25) is 9.59 Å². The van der Waals surface area contributed by atoms with Gasteiger partial charge in [0.2, 0.25) is 11.8 Å². The van der Waals surface area contributed by atoms with Crippen LogP contribution in [-0.4, -0.2) is 29.8 Å². The summed E-state index contributed by atoms with van der Waals surface area (Å²) in [6, 6.07) is 6.09. The van der Waals surface area contributed by atoms with Crippen molar-refractivity contribution in [1.82, 2.24) is 10.2 Å². The van der Waals surface area contributed by atoms with Crippen molar-refractivity contribution in [3.63, 3.8) is 0 Å². The molecule has 124 valence electrons. The van der Waals surface area contributed by atoms with E-state index in [2.05, 4.69) is 33.9 Å². The fraction of sp³-hybridized carbons (Fsp3) is 0.444. The first kappa shape index (κ1) is 17.7. The van der Waals surface area contributed by atoms with Crippen LogP contribution in [-0.2, 0) is 9.59 Å². The molecule has 1 atom stereocenters. The van der Waals surface area contributed by atoms with Gasteiger partial charge >= 0.3 is 0 Å². The van der Waals surface area contributed by atoms with E-state index in [0.717, 1.165) is 15.6 Å². The summed E-state index contributed by atoms with van der Waals surface area (Å²) in [4.78, 5) is 25.8. The highest BCUT2D eigenvalue weighted by atomic mass is 79.9. The van der Waals surface area contributed by atoms with Crippen molar-refractivity contribution < 1.29 is 9.59 Å². The second-order valence-electron chi connectivity index (χ2n) is 6.04. The van der Waals surface area contributed by atoms with Crippen molar-refractivity contribution in [2.75, 3.05) is 13.1 Å². The van der Waals surface area contributed by atoms with E-state index in [9.17, 15) is 9.59 Å². The van der Waals surface area contributed by atoms with Crippen LogP contribution in [0, 0.1) is 12.8 Å². The second kappa shape index (κ2) is 7.77. The molecule has 2 amide bonds. The molecule has 0 bridgehead atoms. The van der Waals surface area contributed by atoms with Gasteiger partial charge < -0.3 is 10.2 Å². The number of benzene rings is 1. The molecule has 0 aliphatic carbocycles. The van der Waals surface area contributed by atoms with E-state index in [-0.39, 0.29) is 23.8 Å². The van der Waals surface area contributed by atoms with Crippen molar-refractivity contribution in [1.29, 1.82) is 0 Å². The number of hydrogen-bond acceptors (Lipinski definition) is 2. The van der Waals surface area contributed by atoms with E-state index in [0.29, 0.717) is 25.9 Å². The molecule has 0 radical (unpaired) electrons. The monoisotopic (exact) mass is 378 g/mol. The standard InChI is InChI=1S/C18H23BrN2O2/c1-4-17(22)21-9-7-14(8-10-21)18(23)20-13(3)15-5-6-16(19)12(2)11-15/h4-6,11,13-14H,1,7-10H2,2-3H3,(H,20,23)/t13-/m1/s1. The van der Waals surface area contributed by atoms with Crippen LogP contribution in [0.25, 0.3) is 0 Å². The molecule has 1 fully saturated rings. The van der Waals surface area contributed by atoms with Gasteiger partial charge in [-0.2, -0.15) is 0 Å². The SMILES string of the molecule is C=CC(=O)N1CCC(C(=O)N[C@H](C)c2ccc(Br)c(C)c2)CC1. The van der Waals surface area contributed by atoms with Crippen molar-refractivity contribution in [3.8, 4) is 0 Å². The van der Waals surface area contributed by atoms with Crippen molar-refractivity contribution in [2.24, 2.45) is 5.92 Å². The van der Waals surface area contributed by atoms with E-state index in [1.807, 2.05) is 26.0 Å². The van der Waals surface area contributed by atoms with Crippen LogP contribution in [0.5, 0.6) is 0 Å². The number of aryl methyl sites for hydroxylation is 1. The van der Waals surface area contributed by atoms with Crippen LogP contribution in [0.15, 0.2) is 35.3 Å². The van der Waals surface area contributed by atoms with Gasteiger partial charge in [0.1, 0.15) is 0 Å². The molecule has 2 rings (SSSR count). The molecule has 5 heteroatoms. The van der Waals surface area contributed by atoms with Crippen molar-refractivity contribution >= 4 is 27.7 Å². The second-order valence-corrected chi connectivity index (χ2v) is 6.90. The van der Waals surface area contributed by atoms with Gasteiger partial charge in [-0.1, -0.05) is 34.6 Å². The number of carbonyl (C=O) groups is 2. The maximum absolute atomic E-state index is 12.4. The Kier molecular flexibility index (Phi) is 5.99. The summed E-state index contributed by atoms with van der Waals surface area (Å²) in [6.07, 6.45) is 2.74. The maximum atomic E-state index is 12.4. The lowest BCUT2D eigenvalue weighted by Gasteiger charge is -2.31. The van der Waals surface area contributed by atoms with Crippen LogP contribution in [0.1, 0.15) is 36.9 Å². The topological polar surface area (TPSA) is 49.4 Å². The quantitative estimate of drug-likeness (QED) is 0.816. The number of hydrogen-bond donors (Lipinski definition) is 1. The summed E-state index contributed by atoms with van der Waals surface area (Å²) in [5, 5.41) is 3.09. The zero-order chi connectivity index (χ0) is 17.0. The Hall–Kier alpha value is -1.62. The van der Waals surface area contributed by atoms with Gasteiger partial charge in [-0.25, -0.2) is 0 Å². The summed E-state index contributed by atoms with van der Waals surface area (Å²) < 4.78 is 1.07. The lowest BCUT2D eigenvalue weighted by atomic mass is 9.95. The molecule has 23 heavy (non-hydrogen) atoms. The summed E-state index contributed by atoms with van der Waals surface area (Å²) >= 11 is 3.49. The van der Waals surface area contributed by atoms with E-state index in [4.69, 9.17) is 0 Å². The number of carbonyl (C=O) groups excluding carboxylic acids is 2. The van der Waals surface area contributed by atoms with Gasteiger partial charge in [-0.05, 0) is 50.0 Å². The minimum atomic E-state index is -0.0532. The van der Waals surface area contributed by atoms with Crippen LogP contribution < -0.4 is 5.32 Å². The Morgan fingerprint density at radius 1 is 1.39 bits per heavy atom. The van der Waals surface area contributed by atoms with Crippen molar-refractivity contribution in [2.45, 2.75) is 32.7 Å². The number of likely N-dealkylation sites (tertiary alicyclic amines) is 1. The highest BCUT2D eigenvalue weighted by Gasteiger charge is 2.27. The van der Waals surface area contributed by atoms with Crippen molar-refractivity contribution in [3.05, 3.63) is 46.5 Å². The average molecular weight is 379 g/mol. The van der Waals surface area contributed by atoms with Gasteiger partial charge in [-0.15, -0.1) is 0 Å². The predicted molar refractivity (Wildman–Crippen MR) is 94.9 cm³/mol. The zero-order valence-electron chi connectivity index (χ0n) is 13.6. The molecule has 1 saturated heterocycles. The van der Waals surface area contributed by atoms with E-state index >= 15 is 0 Å². The lowest BCUT2D eigenvalue weighted by Crippen LogP contribution is -2.42. The summed E-state index contributed by atoms with van der Waals surface area (Å²) in [7, 11) is 0. The lowest BCUT2D eigenvalue weighted by molar-refractivity contribution is -0.132. The molecule has 1 aliphatic heterocycles. The molecule has 1 aromatic carbocycles. The zero-order valence-corrected chi connectivity index (χ0v) is 15.2. The summed E-state index contributed by atoms with van der Waals surface area (Å²) in [5.74, 6) is -0.00537. The predicted octanol–water partition coefficient (Wildman–Crippen LogP) is 3.36. The third kappa shape index (κ3) is 4.44. The fourth-order valence-electron chi connectivity index (χ4n) is 2.84. The van der Waals surface area contributed by atoms with E-state index < -0.39 is 0 Å². The van der Waals surface area contributed by atoms with E-state index in [1.165, 1.54) is 6.08 Å². The Morgan fingerprint density at radius 3 is 2.61 bits per heavy atom. The molecule has 0 aromatic heterocycles. The average Bonchev–Trinajstić information content (AvgIpc) is 2.56. The Balaban J connectivity index is 1.90. The number of piperidine rings is 1. The van der Waals surface area contributed by atoms with Crippen LogP contribution in [0.2, 0.25) is 0 Å². The molecule has 0 spiro atoms. The largest absolute Gasteiger partial charge is 0.349 e. The molecule has 1 aliphatic rings. The normalized spacial score (nSPS) is 16.7. The first-order valence-corrected chi connectivity index (χ1v) is 8.69. The highest BCUT2D eigenvalue weighted by Crippen LogP contribution is 2.23. The van der Waals surface area contributed by atoms with Gasteiger partial charge in [0.15, 0.2) is 0 Å². The number of halogens is 1. The molecule has 1 heterocycles. The van der Waals surface area contributed by atoms with Gasteiger partial charge in [0.25, 0.3) is 0 Å². The fourth-order valence-corrected chi connectivity index (χ4v) is 3.09. The first-order valence-electron chi connectivity index (χ1n) is 7.90. The Morgan fingerprint density at radius 2 is 2.04 bits per heavy atom. The Bertz CT molecular complexity index is 607. The molecular weight excluding hydrogens is 356 g/mol. The molecule has 0 saturated carbocycles. The smallest absolute Gasteiger partial charge is 0.245 e. The minimum Gasteiger partial charge on any atom is -0.349 e. The molecule has 1 N–H and O–H groups in total. The highest BCUT2D eigenvalue weighted by molar-refractivity contribution is 9.10. The molecule has 1 aromatic rings. The minimum absolute atomic E-state index is 0.0251. The molecule has 4 nitrogen and oxygen atoms in total. The first-order chi connectivity index (χ1) is 10.9. The van der Waals surface area contributed by atoms with Crippen LogP contribution in [0.3, 0.4) is 0 Å². The number of nitrogens with one attached hydrogen (secondary N) is 1. The number of rotatable bonds is 4.